The van der Waals surface area contributed by atoms with Crippen LogP contribution in [0, 0.1) is 0 Å². The van der Waals surface area contributed by atoms with E-state index >= 15 is 0 Å². The molecule has 0 spiro atoms. The second-order valence-corrected chi connectivity index (χ2v) is 6.01. The van der Waals surface area contributed by atoms with Gasteiger partial charge in [-0.3, -0.25) is 9.58 Å². The Morgan fingerprint density at radius 1 is 1.30 bits per heavy atom. The van der Waals surface area contributed by atoms with Gasteiger partial charge in [0.25, 0.3) is 0 Å². The maximum Gasteiger partial charge on any atom is 0.0765 e. The molecular weight excluding hydrogens is 252 g/mol. The van der Waals surface area contributed by atoms with Crippen molar-refractivity contribution in [2.24, 2.45) is 5.73 Å². The Hall–Kier alpha value is -0.910. The van der Waals surface area contributed by atoms with Gasteiger partial charge in [-0.2, -0.15) is 5.10 Å². The summed E-state index contributed by atoms with van der Waals surface area (Å²) in [7, 11) is 0. The summed E-state index contributed by atoms with van der Waals surface area (Å²) in [6, 6.07) is 3.12. The Morgan fingerprint density at radius 2 is 2.15 bits per heavy atom. The number of nitrogens with two attached hydrogens (primary N) is 1. The molecule has 1 aromatic rings. The van der Waals surface area contributed by atoms with Crippen LogP contribution in [0.4, 0.5) is 0 Å². The standard InChI is InChI=1S/C15H26N4O/c16-10-15-12-20-9-8-18(15)11-13-6-7-19(17-13)14-4-2-1-3-5-14/h6-7,14-15H,1-5,8-12,16H2. The summed E-state index contributed by atoms with van der Waals surface area (Å²) in [6.45, 7) is 4.06. The van der Waals surface area contributed by atoms with Crippen molar-refractivity contribution in [3.8, 4) is 0 Å². The molecule has 2 heterocycles. The molecule has 0 aromatic carbocycles. The highest BCUT2D eigenvalue weighted by Gasteiger charge is 2.23. The maximum absolute atomic E-state index is 5.82. The highest BCUT2D eigenvalue weighted by atomic mass is 16.5. The quantitative estimate of drug-likeness (QED) is 0.908. The highest BCUT2D eigenvalue weighted by Crippen LogP contribution is 2.27. The molecule has 1 unspecified atom stereocenters. The number of rotatable bonds is 4. The van der Waals surface area contributed by atoms with Gasteiger partial charge in [-0.05, 0) is 18.9 Å². The van der Waals surface area contributed by atoms with E-state index in [0.29, 0.717) is 18.6 Å². The van der Waals surface area contributed by atoms with Gasteiger partial charge >= 0.3 is 0 Å². The van der Waals surface area contributed by atoms with E-state index in [-0.39, 0.29) is 0 Å². The first kappa shape index (κ1) is 14.0. The summed E-state index contributed by atoms with van der Waals surface area (Å²) >= 11 is 0. The molecule has 0 amide bonds. The van der Waals surface area contributed by atoms with E-state index in [4.69, 9.17) is 15.6 Å². The van der Waals surface area contributed by atoms with Crippen LogP contribution in [0.5, 0.6) is 0 Å². The molecule has 5 heteroatoms. The van der Waals surface area contributed by atoms with Crippen molar-refractivity contribution < 1.29 is 4.74 Å². The van der Waals surface area contributed by atoms with Gasteiger partial charge in [0.1, 0.15) is 0 Å². The molecule has 1 aromatic heterocycles. The van der Waals surface area contributed by atoms with Gasteiger partial charge in [-0.1, -0.05) is 19.3 Å². The van der Waals surface area contributed by atoms with Crippen LogP contribution >= 0.6 is 0 Å². The molecule has 1 saturated carbocycles. The Balaban J connectivity index is 1.61. The van der Waals surface area contributed by atoms with Crippen molar-refractivity contribution >= 4 is 0 Å². The van der Waals surface area contributed by atoms with Crippen LogP contribution in [0.25, 0.3) is 0 Å². The van der Waals surface area contributed by atoms with Gasteiger partial charge in [0, 0.05) is 31.9 Å². The fourth-order valence-corrected chi connectivity index (χ4v) is 3.33. The first-order valence-corrected chi connectivity index (χ1v) is 7.92. The lowest BCUT2D eigenvalue weighted by atomic mass is 9.96. The van der Waals surface area contributed by atoms with Gasteiger partial charge in [-0.15, -0.1) is 0 Å². The predicted octanol–water partition coefficient (Wildman–Crippen LogP) is 1.55. The molecular formula is C15H26N4O. The second-order valence-electron chi connectivity index (χ2n) is 6.01. The third kappa shape index (κ3) is 3.22. The molecule has 0 radical (unpaired) electrons. The molecule has 2 N–H and O–H groups in total. The van der Waals surface area contributed by atoms with Gasteiger partial charge in [-0.25, -0.2) is 0 Å². The molecule has 0 bridgehead atoms. The number of aromatic nitrogens is 2. The lowest BCUT2D eigenvalue weighted by molar-refractivity contribution is -0.00856. The smallest absolute Gasteiger partial charge is 0.0765 e. The van der Waals surface area contributed by atoms with Crippen LogP contribution in [0.15, 0.2) is 12.3 Å². The minimum atomic E-state index is 0.337. The molecule has 20 heavy (non-hydrogen) atoms. The molecule has 2 fully saturated rings. The Morgan fingerprint density at radius 3 is 2.95 bits per heavy atom. The molecule has 1 aliphatic carbocycles. The van der Waals surface area contributed by atoms with Crippen molar-refractivity contribution in [1.82, 2.24) is 14.7 Å². The summed E-state index contributed by atoms with van der Waals surface area (Å²) < 4.78 is 7.68. The minimum absolute atomic E-state index is 0.337. The van der Waals surface area contributed by atoms with E-state index in [1.165, 1.54) is 32.1 Å². The predicted molar refractivity (Wildman–Crippen MR) is 78.4 cm³/mol. The molecule has 112 valence electrons. The molecule has 3 rings (SSSR count). The van der Waals surface area contributed by atoms with Crippen LogP contribution < -0.4 is 5.73 Å². The van der Waals surface area contributed by atoms with Crippen LogP contribution in [0.1, 0.15) is 43.8 Å². The van der Waals surface area contributed by atoms with Gasteiger partial charge < -0.3 is 10.5 Å². The number of nitrogens with zero attached hydrogens (tertiary/aromatic N) is 3. The lowest BCUT2D eigenvalue weighted by Crippen LogP contribution is -2.48. The third-order valence-corrected chi connectivity index (χ3v) is 4.60. The topological polar surface area (TPSA) is 56.3 Å². The summed E-state index contributed by atoms with van der Waals surface area (Å²) in [4.78, 5) is 2.40. The van der Waals surface area contributed by atoms with Crippen molar-refractivity contribution in [3.63, 3.8) is 0 Å². The van der Waals surface area contributed by atoms with Crippen molar-refractivity contribution in [1.29, 1.82) is 0 Å². The largest absolute Gasteiger partial charge is 0.378 e. The number of hydrogen-bond acceptors (Lipinski definition) is 4. The summed E-state index contributed by atoms with van der Waals surface area (Å²) in [5, 5.41) is 4.79. The summed E-state index contributed by atoms with van der Waals surface area (Å²) in [5.74, 6) is 0. The molecule has 1 aliphatic heterocycles. The third-order valence-electron chi connectivity index (χ3n) is 4.60. The van der Waals surface area contributed by atoms with Crippen LogP contribution in [-0.2, 0) is 11.3 Å². The summed E-state index contributed by atoms with van der Waals surface area (Å²) in [6.07, 6.45) is 8.80. The Kier molecular flexibility index (Phi) is 4.70. The van der Waals surface area contributed by atoms with E-state index in [1.54, 1.807) is 0 Å². The summed E-state index contributed by atoms with van der Waals surface area (Å²) in [5.41, 5.74) is 6.99. The second kappa shape index (κ2) is 6.70. The number of hydrogen-bond donors (Lipinski definition) is 1. The van der Waals surface area contributed by atoms with E-state index in [9.17, 15) is 0 Å². The van der Waals surface area contributed by atoms with E-state index < -0.39 is 0 Å². The lowest BCUT2D eigenvalue weighted by Gasteiger charge is -2.34. The molecule has 1 saturated heterocycles. The van der Waals surface area contributed by atoms with E-state index in [0.717, 1.165) is 32.0 Å². The van der Waals surface area contributed by atoms with Crippen molar-refractivity contribution in [2.75, 3.05) is 26.3 Å². The Bertz CT molecular complexity index is 414. The van der Waals surface area contributed by atoms with Crippen LogP contribution in [-0.4, -0.2) is 47.0 Å². The minimum Gasteiger partial charge on any atom is -0.378 e. The average Bonchev–Trinajstić information content (AvgIpc) is 2.97. The van der Waals surface area contributed by atoms with Gasteiger partial charge in [0.15, 0.2) is 0 Å². The van der Waals surface area contributed by atoms with E-state index in [2.05, 4.69) is 21.8 Å². The zero-order chi connectivity index (χ0) is 13.8. The number of morpholine rings is 1. The molecule has 1 atom stereocenters. The fourth-order valence-electron chi connectivity index (χ4n) is 3.33. The van der Waals surface area contributed by atoms with Gasteiger partial charge in [0.2, 0.25) is 0 Å². The normalized spacial score (nSPS) is 25.9. The van der Waals surface area contributed by atoms with Gasteiger partial charge in [0.05, 0.1) is 24.9 Å². The average molecular weight is 278 g/mol. The molecule has 5 nitrogen and oxygen atoms in total. The van der Waals surface area contributed by atoms with Crippen molar-refractivity contribution in [2.45, 2.75) is 50.7 Å². The maximum atomic E-state index is 5.82. The van der Waals surface area contributed by atoms with Crippen LogP contribution in [0.3, 0.4) is 0 Å². The SMILES string of the molecule is NCC1COCCN1Cc1ccn(C2CCCCC2)n1. The highest BCUT2D eigenvalue weighted by molar-refractivity contribution is 5.01. The first-order valence-electron chi connectivity index (χ1n) is 7.92. The van der Waals surface area contributed by atoms with Crippen LogP contribution in [0.2, 0.25) is 0 Å². The van der Waals surface area contributed by atoms with E-state index in [1.807, 2.05) is 0 Å². The fraction of sp³-hybridized carbons (Fsp3) is 0.800. The first-order chi connectivity index (χ1) is 9.86. The molecule has 2 aliphatic rings. The zero-order valence-corrected chi connectivity index (χ0v) is 12.2. The monoisotopic (exact) mass is 278 g/mol. The number of ether oxygens (including phenoxy) is 1. The Labute approximate surface area is 121 Å². The zero-order valence-electron chi connectivity index (χ0n) is 12.2. The van der Waals surface area contributed by atoms with Crippen molar-refractivity contribution in [3.05, 3.63) is 18.0 Å².